The Kier molecular flexibility index (Phi) is 3.49. The van der Waals surface area contributed by atoms with E-state index < -0.39 is 0 Å². The molecule has 1 unspecified atom stereocenters. The molecular formula is C8H15NO3. The van der Waals surface area contributed by atoms with Crippen molar-refractivity contribution < 1.29 is 14.6 Å². The number of carbonyl (C=O) groups is 1. The van der Waals surface area contributed by atoms with Crippen LogP contribution in [-0.2, 0) is 9.53 Å². The van der Waals surface area contributed by atoms with Gasteiger partial charge < -0.3 is 15.2 Å². The number of aliphatic hydroxyl groups is 1. The Bertz CT molecular complexity index is 154. The van der Waals surface area contributed by atoms with Gasteiger partial charge in [0.1, 0.15) is 6.10 Å². The zero-order chi connectivity index (χ0) is 8.97. The lowest BCUT2D eigenvalue weighted by Gasteiger charge is -2.14. The van der Waals surface area contributed by atoms with Gasteiger partial charge in [0, 0.05) is 12.6 Å². The van der Waals surface area contributed by atoms with Crippen LogP contribution in [0.3, 0.4) is 0 Å². The fourth-order valence-corrected chi connectivity index (χ4v) is 1.17. The molecule has 4 heteroatoms. The summed E-state index contributed by atoms with van der Waals surface area (Å²) in [5, 5.41) is 11.3. The number of ether oxygens (including phenoxy) is 1. The molecule has 0 radical (unpaired) electrons. The van der Waals surface area contributed by atoms with Gasteiger partial charge in [-0.1, -0.05) is 0 Å². The molecule has 0 aromatic carbocycles. The normalized spacial score (nSPS) is 25.3. The predicted molar refractivity (Wildman–Crippen MR) is 43.7 cm³/mol. The summed E-state index contributed by atoms with van der Waals surface area (Å²) in [6, 6.07) is -0.179. The van der Waals surface area contributed by atoms with E-state index in [1.807, 2.05) is 0 Å². The van der Waals surface area contributed by atoms with Crippen LogP contribution in [0.25, 0.3) is 0 Å². The van der Waals surface area contributed by atoms with E-state index in [2.05, 4.69) is 5.32 Å². The first kappa shape index (κ1) is 9.48. The number of hydrogen-bond acceptors (Lipinski definition) is 3. The zero-order valence-electron chi connectivity index (χ0n) is 7.25. The molecule has 0 spiro atoms. The smallest absolute Gasteiger partial charge is 0.249 e. The van der Waals surface area contributed by atoms with Crippen LogP contribution in [0, 0.1) is 0 Å². The molecule has 0 aliphatic carbocycles. The molecule has 0 bridgehead atoms. The second-order valence-electron chi connectivity index (χ2n) is 3.09. The average Bonchev–Trinajstić information content (AvgIpc) is 2.56. The third-order valence-corrected chi connectivity index (χ3v) is 1.88. The average molecular weight is 173 g/mol. The minimum absolute atomic E-state index is 0.0293. The Morgan fingerprint density at radius 3 is 3.08 bits per heavy atom. The lowest BCUT2D eigenvalue weighted by molar-refractivity contribution is -0.130. The van der Waals surface area contributed by atoms with Crippen LogP contribution in [-0.4, -0.2) is 36.4 Å². The number of nitrogens with one attached hydrogen (secondary N) is 1. The molecule has 1 aliphatic heterocycles. The van der Waals surface area contributed by atoms with Gasteiger partial charge in [-0.3, -0.25) is 4.79 Å². The highest BCUT2D eigenvalue weighted by molar-refractivity contribution is 5.81. The molecule has 1 rings (SSSR count). The van der Waals surface area contributed by atoms with Crippen LogP contribution in [0.2, 0.25) is 0 Å². The first-order valence-electron chi connectivity index (χ1n) is 4.27. The Balaban J connectivity index is 2.27. The van der Waals surface area contributed by atoms with Crippen molar-refractivity contribution in [3.63, 3.8) is 0 Å². The summed E-state index contributed by atoms with van der Waals surface area (Å²) in [4.78, 5) is 11.3. The highest BCUT2D eigenvalue weighted by Gasteiger charge is 2.23. The van der Waals surface area contributed by atoms with Crippen LogP contribution < -0.4 is 5.32 Å². The maximum atomic E-state index is 11.3. The maximum Gasteiger partial charge on any atom is 0.249 e. The second-order valence-corrected chi connectivity index (χ2v) is 3.09. The Labute approximate surface area is 71.9 Å². The van der Waals surface area contributed by atoms with E-state index >= 15 is 0 Å². The Hall–Kier alpha value is -0.610. The van der Waals surface area contributed by atoms with Crippen molar-refractivity contribution in [2.45, 2.75) is 31.9 Å². The third-order valence-electron chi connectivity index (χ3n) is 1.88. The van der Waals surface area contributed by atoms with E-state index in [9.17, 15) is 4.79 Å². The molecule has 4 nitrogen and oxygen atoms in total. The monoisotopic (exact) mass is 173 g/mol. The van der Waals surface area contributed by atoms with Crippen molar-refractivity contribution >= 4 is 5.91 Å². The van der Waals surface area contributed by atoms with Crippen molar-refractivity contribution in [2.75, 3.05) is 13.2 Å². The van der Waals surface area contributed by atoms with Gasteiger partial charge in [0.05, 0.1) is 6.61 Å². The molecule has 0 aromatic heterocycles. The van der Waals surface area contributed by atoms with Crippen molar-refractivity contribution in [3.8, 4) is 0 Å². The van der Waals surface area contributed by atoms with Gasteiger partial charge in [0.25, 0.3) is 0 Å². The number of aliphatic hydroxyl groups excluding tert-OH is 1. The molecule has 1 saturated heterocycles. The predicted octanol–water partition coefficient (Wildman–Crippen LogP) is -0.338. The first-order chi connectivity index (χ1) is 5.74. The van der Waals surface area contributed by atoms with Crippen molar-refractivity contribution in [1.82, 2.24) is 5.32 Å². The summed E-state index contributed by atoms with van der Waals surface area (Å²) < 4.78 is 5.17. The van der Waals surface area contributed by atoms with Gasteiger partial charge in [-0.25, -0.2) is 0 Å². The molecule has 1 fully saturated rings. The van der Waals surface area contributed by atoms with E-state index in [4.69, 9.17) is 9.84 Å². The lowest BCUT2D eigenvalue weighted by Crippen LogP contribution is -2.41. The lowest BCUT2D eigenvalue weighted by atomic mass is 10.2. The van der Waals surface area contributed by atoms with E-state index in [-0.39, 0.29) is 24.7 Å². The van der Waals surface area contributed by atoms with E-state index in [0.717, 1.165) is 12.8 Å². The summed E-state index contributed by atoms with van der Waals surface area (Å²) in [5.74, 6) is -0.103. The van der Waals surface area contributed by atoms with Crippen LogP contribution in [0.4, 0.5) is 0 Å². The van der Waals surface area contributed by atoms with Gasteiger partial charge in [0.15, 0.2) is 0 Å². The topological polar surface area (TPSA) is 58.6 Å². The van der Waals surface area contributed by atoms with Gasteiger partial charge >= 0.3 is 0 Å². The fourth-order valence-electron chi connectivity index (χ4n) is 1.17. The van der Waals surface area contributed by atoms with Gasteiger partial charge in [0.2, 0.25) is 5.91 Å². The summed E-state index contributed by atoms with van der Waals surface area (Å²) in [6.07, 6.45) is 1.45. The van der Waals surface area contributed by atoms with Crippen LogP contribution >= 0.6 is 0 Å². The number of carbonyl (C=O) groups excluding carboxylic acids is 1. The van der Waals surface area contributed by atoms with Crippen LogP contribution in [0.15, 0.2) is 0 Å². The Morgan fingerprint density at radius 2 is 2.58 bits per heavy atom. The summed E-state index contributed by atoms with van der Waals surface area (Å²) in [7, 11) is 0. The largest absolute Gasteiger partial charge is 0.394 e. The molecule has 1 aliphatic rings. The fraction of sp³-hybridized carbons (Fsp3) is 0.875. The highest BCUT2D eigenvalue weighted by atomic mass is 16.5. The molecule has 1 amide bonds. The minimum Gasteiger partial charge on any atom is -0.394 e. The number of amides is 1. The van der Waals surface area contributed by atoms with E-state index in [1.165, 1.54) is 0 Å². The third kappa shape index (κ3) is 2.46. The highest BCUT2D eigenvalue weighted by Crippen LogP contribution is 2.11. The maximum absolute atomic E-state index is 11.3. The number of hydrogen-bond donors (Lipinski definition) is 2. The van der Waals surface area contributed by atoms with Crippen LogP contribution in [0.5, 0.6) is 0 Å². The van der Waals surface area contributed by atoms with Crippen molar-refractivity contribution in [3.05, 3.63) is 0 Å². The van der Waals surface area contributed by atoms with Crippen LogP contribution in [0.1, 0.15) is 19.8 Å². The van der Waals surface area contributed by atoms with Gasteiger partial charge in [-0.15, -0.1) is 0 Å². The molecule has 2 atom stereocenters. The van der Waals surface area contributed by atoms with E-state index in [0.29, 0.717) is 6.61 Å². The van der Waals surface area contributed by atoms with E-state index in [1.54, 1.807) is 6.92 Å². The molecule has 0 aromatic rings. The zero-order valence-corrected chi connectivity index (χ0v) is 7.25. The van der Waals surface area contributed by atoms with Crippen molar-refractivity contribution in [2.24, 2.45) is 0 Å². The minimum atomic E-state index is -0.293. The molecule has 2 N–H and O–H groups in total. The molecule has 12 heavy (non-hydrogen) atoms. The Morgan fingerprint density at radius 1 is 1.83 bits per heavy atom. The van der Waals surface area contributed by atoms with Gasteiger partial charge in [-0.05, 0) is 19.8 Å². The standard InChI is InChI=1S/C8H15NO3/c1-6(5-10)9-8(11)7-3-2-4-12-7/h6-7,10H,2-5H2,1H3,(H,9,11)/t6-,7?/m1/s1. The number of rotatable bonds is 3. The molecule has 0 saturated carbocycles. The summed E-state index contributed by atoms with van der Waals surface area (Å²) in [6.45, 7) is 2.40. The first-order valence-corrected chi connectivity index (χ1v) is 4.27. The molecule has 70 valence electrons. The second kappa shape index (κ2) is 4.42. The van der Waals surface area contributed by atoms with Crippen molar-refractivity contribution in [1.29, 1.82) is 0 Å². The SMILES string of the molecule is C[C@H](CO)NC(=O)C1CCCO1. The summed E-state index contributed by atoms with van der Waals surface area (Å²) >= 11 is 0. The quantitative estimate of drug-likeness (QED) is 0.614. The molecule has 1 heterocycles. The van der Waals surface area contributed by atoms with Gasteiger partial charge in [-0.2, -0.15) is 0 Å². The summed E-state index contributed by atoms with van der Waals surface area (Å²) in [5.41, 5.74) is 0. The molecular weight excluding hydrogens is 158 g/mol.